The molecular weight excluding hydrogens is 551 g/mol. The molecule has 0 spiro atoms. The van der Waals surface area contributed by atoms with Gasteiger partial charge in [-0.2, -0.15) is 5.26 Å². The number of nitrogens with one attached hydrogen (secondary N) is 2. The van der Waals surface area contributed by atoms with Crippen LogP contribution in [0.1, 0.15) is 27.3 Å². The minimum atomic E-state index is 0.528. The van der Waals surface area contributed by atoms with Gasteiger partial charge in [0, 0.05) is 30.5 Å². The average Bonchev–Trinajstić information content (AvgIpc) is 3.51. The van der Waals surface area contributed by atoms with Crippen LogP contribution in [0.5, 0.6) is 0 Å². The first-order valence-corrected chi connectivity index (χ1v) is 14.7. The Morgan fingerprint density at radius 1 is 1.03 bits per heavy atom. The summed E-state index contributed by atoms with van der Waals surface area (Å²) in [4.78, 5) is 19.4. The van der Waals surface area contributed by atoms with Crippen molar-refractivity contribution in [1.82, 2.24) is 15.3 Å². The first-order valence-electron chi connectivity index (χ1n) is 11.6. The fourth-order valence-corrected chi connectivity index (χ4v) is 6.10. The third-order valence-electron chi connectivity index (χ3n) is 4.89. The van der Waals surface area contributed by atoms with Crippen LogP contribution in [0.15, 0.2) is 71.1 Å². The fourth-order valence-electron chi connectivity index (χ4n) is 3.08. The maximum absolute atomic E-state index is 10.6. The van der Waals surface area contributed by atoms with Crippen LogP contribution in [-0.4, -0.2) is 34.2 Å². The van der Waals surface area contributed by atoms with E-state index in [0.29, 0.717) is 17.1 Å². The Labute approximate surface area is 240 Å². The molecule has 0 bridgehead atoms. The zero-order valence-electron chi connectivity index (χ0n) is 21.2. The van der Waals surface area contributed by atoms with E-state index < -0.39 is 0 Å². The van der Waals surface area contributed by atoms with Gasteiger partial charge < -0.3 is 10.6 Å². The number of thioether (sulfide) groups is 1. The molecule has 38 heavy (non-hydrogen) atoms. The molecule has 6 nitrogen and oxygen atoms in total. The average molecular weight is 578 g/mol. The first-order chi connectivity index (χ1) is 18.4. The number of benzene rings is 3. The normalized spacial score (nSPS) is 9.95. The lowest BCUT2D eigenvalue weighted by Gasteiger charge is -2.06. The molecule has 2 N–H and O–H groups in total. The van der Waals surface area contributed by atoms with Crippen LogP contribution in [0.3, 0.4) is 0 Å². The van der Waals surface area contributed by atoms with Crippen molar-refractivity contribution in [3.8, 4) is 6.07 Å². The van der Waals surface area contributed by atoms with Crippen molar-refractivity contribution in [3.05, 3.63) is 82.9 Å². The summed E-state index contributed by atoms with van der Waals surface area (Å²) in [5, 5.41) is 16.1. The lowest BCUT2D eigenvalue weighted by molar-refractivity contribution is 0.112. The fraction of sp³-hybridized carbons (Fsp3) is 0.179. The predicted molar refractivity (Wildman–Crippen MR) is 167 cm³/mol. The summed E-state index contributed by atoms with van der Waals surface area (Å²) in [5.74, 6) is 0.761. The minimum Gasteiger partial charge on any atom is -0.366 e. The highest BCUT2D eigenvalue weighted by Crippen LogP contribution is 2.30. The molecule has 0 aliphatic heterocycles. The number of nitriles is 1. The summed E-state index contributed by atoms with van der Waals surface area (Å²) in [6, 6.07) is 23.9. The maximum Gasteiger partial charge on any atom is 0.170 e. The van der Waals surface area contributed by atoms with Gasteiger partial charge in [-0.05, 0) is 62.5 Å². The zero-order chi connectivity index (χ0) is 27.3. The van der Waals surface area contributed by atoms with Crippen LogP contribution in [0.2, 0.25) is 0 Å². The predicted octanol–water partition coefficient (Wildman–Crippen LogP) is 7.63. The lowest BCUT2D eigenvalue weighted by Crippen LogP contribution is -2.23. The highest BCUT2D eigenvalue weighted by Gasteiger charge is 2.05. The van der Waals surface area contributed by atoms with Crippen LogP contribution >= 0.6 is 46.7 Å². The number of hydrogen-bond donors (Lipinski definition) is 2. The summed E-state index contributed by atoms with van der Waals surface area (Å²) < 4.78 is 3.15. The van der Waals surface area contributed by atoms with Gasteiger partial charge in [0.25, 0.3) is 0 Å². The van der Waals surface area contributed by atoms with Gasteiger partial charge in [0.1, 0.15) is 6.29 Å². The van der Waals surface area contributed by atoms with Crippen molar-refractivity contribution >= 4 is 84.2 Å². The van der Waals surface area contributed by atoms with E-state index in [1.165, 1.54) is 10.3 Å². The molecule has 0 unspecified atom stereocenters. The van der Waals surface area contributed by atoms with Crippen molar-refractivity contribution < 1.29 is 4.79 Å². The Morgan fingerprint density at radius 2 is 1.74 bits per heavy atom. The number of fused-ring (bicyclic) bond motifs is 2. The van der Waals surface area contributed by atoms with E-state index in [1.807, 2.05) is 49.4 Å². The molecule has 0 amide bonds. The second-order valence-corrected chi connectivity index (χ2v) is 11.9. The minimum absolute atomic E-state index is 0.528. The summed E-state index contributed by atoms with van der Waals surface area (Å²) in [6.07, 6.45) is 1.36. The van der Waals surface area contributed by atoms with Gasteiger partial charge in [0.05, 0.1) is 31.5 Å². The highest BCUT2D eigenvalue weighted by molar-refractivity contribution is 8.01. The molecule has 0 aliphatic rings. The van der Waals surface area contributed by atoms with E-state index in [4.69, 9.17) is 17.5 Å². The maximum atomic E-state index is 10.6. The van der Waals surface area contributed by atoms with E-state index in [1.54, 1.807) is 47.5 Å². The van der Waals surface area contributed by atoms with Crippen LogP contribution < -0.4 is 10.6 Å². The molecule has 5 aromatic rings. The Kier molecular flexibility index (Phi) is 11.6. The molecule has 2 aromatic heterocycles. The zero-order valence-corrected chi connectivity index (χ0v) is 24.5. The van der Waals surface area contributed by atoms with Crippen molar-refractivity contribution in [2.75, 3.05) is 18.1 Å². The van der Waals surface area contributed by atoms with Crippen molar-refractivity contribution in [1.29, 1.82) is 5.26 Å². The second-order valence-electron chi connectivity index (χ2n) is 7.86. The van der Waals surface area contributed by atoms with Gasteiger partial charge in [0.2, 0.25) is 0 Å². The standard InChI is InChI=1S/C11H8N2OS2.C10H11N3S2.C7H8/c12-4-1-5-15-11-13-9-3-2-8(7-14)6-10(9)16-11;1-6-12-8-4-3-7(5-9(8)15-6)13-10(14)11-2;1-7-5-3-2-4-6-7/h2-3,6-7H,1,5H2;3-5H,1-2H3,(H2,11,13,14);2-6H,1H3. The van der Waals surface area contributed by atoms with Crippen LogP contribution in [0, 0.1) is 25.2 Å². The first kappa shape index (κ1) is 29.2. The molecule has 194 valence electrons. The number of nitrogens with zero attached hydrogens (tertiary/aromatic N) is 3. The smallest absolute Gasteiger partial charge is 0.170 e. The summed E-state index contributed by atoms with van der Waals surface area (Å²) >= 11 is 9.86. The van der Waals surface area contributed by atoms with E-state index in [2.05, 4.69) is 51.8 Å². The van der Waals surface area contributed by atoms with E-state index in [0.717, 1.165) is 42.8 Å². The van der Waals surface area contributed by atoms with Gasteiger partial charge in [0.15, 0.2) is 9.45 Å². The SMILES string of the molecule is CNC(=S)Nc1ccc2nc(C)sc2c1.Cc1ccccc1.N#CCCSc1nc2ccc(C=O)cc2s1. The Balaban J connectivity index is 0.000000169. The third kappa shape index (κ3) is 9.19. The van der Waals surface area contributed by atoms with Gasteiger partial charge in [-0.1, -0.05) is 47.7 Å². The molecule has 10 heteroatoms. The number of hydrogen-bond acceptors (Lipinski definition) is 8. The van der Waals surface area contributed by atoms with E-state index in [9.17, 15) is 4.79 Å². The second kappa shape index (κ2) is 15.1. The van der Waals surface area contributed by atoms with Gasteiger partial charge in [-0.3, -0.25) is 4.79 Å². The summed E-state index contributed by atoms with van der Waals surface area (Å²) in [6.45, 7) is 4.09. The van der Waals surface area contributed by atoms with E-state index in [-0.39, 0.29) is 0 Å². The van der Waals surface area contributed by atoms with Crippen LogP contribution in [-0.2, 0) is 0 Å². The molecule has 0 aliphatic carbocycles. The molecular formula is C28H27N5OS4. The number of aryl methyl sites for hydroxylation is 2. The highest BCUT2D eigenvalue weighted by atomic mass is 32.2. The van der Waals surface area contributed by atoms with E-state index >= 15 is 0 Å². The number of aldehydes is 1. The van der Waals surface area contributed by atoms with Gasteiger partial charge in [-0.15, -0.1) is 22.7 Å². The van der Waals surface area contributed by atoms with Crippen LogP contribution in [0.25, 0.3) is 20.4 Å². The number of thiazole rings is 2. The monoisotopic (exact) mass is 577 g/mol. The number of anilines is 1. The molecule has 2 heterocycles. The van der Waals surface area contributed by atoms with Crippen LogP contribution in [0.4, 0.5) is 5.69 Å². The Morgan fingerprint density at radius 3 is 2.39 bits per heavy atom. The molecule has 0 radical (unpaired) electrons. The molecule has 0 saturated carbocycles. The molecule has 0 fully saturated rings. The molecule has 3 aromatic carbocycles. The van der Waals surface area contributed by atoms with Gasteiger partial charge >= 0.3 is 0 Å². The summed E-state index contributed by atoms with van der Waals surface area (Å²) in [5.41, 5.74) is 4.94. The summed E-state index contributed by atoms with van der Waals surface area (Å²) in [7, 11) is 1.80. The number of aromatic nitrogens is 2. The Bertz CT molecular complexity index is 1540. The third-order valence-corrected chi connectivity index (χ3v) is 8.29. The molecule has 5 rings (SSSR count). The number of carbonyl (C=O) groups is 1. The number of thiocarbonyl (C=S) groups is 1. The largest absolute Gasteiger partial charge is 0.366 e. The van der Waals surface area contributed by atoms with Crippen molar-refractivity contribution in [2.24, 2.45) is 0 Å². The molecule has 0 saturated heterocycles. The topological polar surface area (TPSA) is 90.7 Å². The lowest BCUT2D eigenvalue weighted by atomic mass is 10.2. The van der Waals surface area contributed by atoms with Crippen molar-refractivity contribution in [2.45, 2.75) is 24.6 Å². The number of rotatable bonds is 5. The quantitative estimate of drug-likeness (QED) is 0.0954. The molecule has 0 atom stereocenters. The number of carbonyl (C=O) groups excluding carboxylic acids is 1. The van der Waals surface area contributed by atoms with Gasteiger partial charge in [-0.25, -0.2) is 9.97 Å². The van der Waals surface area contributed by atoms with Crippen molar-refractivity contribution in [3.63, 3.8) is 0 Å². The Hall–Kier alpha value is -3.36.